The monoisotopic (exact) mass is 430 g/mol. The van der Waals surface area contributed by atoms with Crippen LogP contribution >= 0.6 is 11.6 Å². The summed E-state index contributed by atoms with van der Waals surface area (Å²) in [6.07, 6.45) is 0. The molecular formula is C21H24ClFN6O. The minimum Gasteiger partial charge on any atom is -0.383 e. The number of anilines is 1. The molecule has 158 valence electrons. The smallest absolute Gasteiger partial charge is 0.173 e. The van der Waals surface area contributed by atoms with E-state index >= 15 is 0 Å². The lowest BCUT2D eigenvalue weighted by Crippen LogP contribution is -2.48. The van der Waals surface area contributed by atoms with Crippen molar-refractivity contribution >= 4 is 17.3 Å². The second kappa shape index (κ2) is 9.51. The van der Waals surface area contributed by atoms with E-state index in [9.17, 15) is 4.39 Å². The fraction of sp³-hybridized carbons (Fsp3) is 0.381. The summed E-state index contributed by atoms with van der Waals surface area (Å²) in [5.41, 5.74) is 1.59. The fourth-order valence-electron chi connectivity index (χ4n) is 3.87. The topological polar surface area (TPSA) is 59.3 Å². The number of aromatic nitrogens is 4. The molecule has 1 aromatic heterocycles. The van der Waals surface area contributed by atoms with Crippen molar-refractivity contribution in [2.75, 3.05) is 44.8 Å². The lowest BCUT2D eigenvalue weighted by Gasteiger charge is -2.40. The van der Waals surface area contributed by atoms with Gasteiger partial charge in [-0.25, -0.2) is 9.07 Å². The van der Waals surface area contributed by atoms with Gasteiger partial charge in [0.15, 0.2) is 5.82 Å². The lowest BCUT2D eigenvalue weighted by molar-refractivity contribution is 0.171. The first-order valence-electron chi connectivity index (χ1n) is 9.92. The van der Waals surface area contributed by atoms with Crippen molar-refractivity contribution in [1.29, 1.82) is 0 Å². The molecule has 4 rings (SSSR count). The maximum atomic E-state index is 14.2. The Morgan fingerprint density at radius 2 is 1.80 bits per heavy atom. The molecule has 0 aliphatic carbocycles. The van der Waals surface area contributed by atoms with Crippen LogP contribution in [-0.2, 0) is 11.3 Å². The number of halogens is 2. The Morgan fingerprint density at radius 1 is 1.07 bits per heavy atom. The van der Waals surface area contributed by atoms with Gasteiger partial charge in [-0.2, -0.15) is 0 Å². The van der Waals surface area contributed by atoms with Gasteiger partial charge >= 0.3 is 0 Å². The number of rotatable bonds is 7. The molecule has 0 radical (unpaired) electrons. The van der Waals surface area contributed by atoms with Crippen molar-refractivity contribution in [3.8, 4) is 0 Å². The summed E-state index contributed by atoms with van der Waals surface area (Å²) in [6, 6.07) is 14.5. The van der Waals surface area contributed by atoms with E-state index in [-0.39, 0.29) is 11.9 Å². The summed E-state index contributed by atoms with van der Waals surface area (Å²) in [4.78, 5) is 4.37. The first-order valence-corrected chi connectivity index (χ1v) is 10.3. The van der Waals surface area contributed by atoms with Crippen molar-refractivity contribution in [3.05, 3.63) is 70.8 Å². The predicted molar refractivity (Wildman–Crippen MR) is 113 cm³/mol. The van der Waals surface area contributed by atoms with Crippen LogP contribution in [0.5, 0.6) is 0 Å². The molecule has 0 bridgehead atoms. The number of nitrogens with zero attached hydrogens (tertiary/aromatic N) is 6. The summed E-state index contributed by atoms with van der Waals surface area (Å²) >= 11 is 6.57. The Labute approximate surface area is 180 Å². The largest absolute Gasteiger partial charge is 0.383 e. The predicted octanol–water partition coefficient (Wildman–Crippen LogP) is 3.02. The van der Waals surface area contributed by atoms with Gasteiger partial charge in [-0.15, -0.1) is 5.10 Å². The van der Waals surface area contributed by atoms with E-state index in [1.54, 1.807) is 17.9 Å². The number of para-hydroxylation sites is 1. The zero-order chi connectivity index (χ0) is 20.9. The molecule has 1 saturated heterocycles. The van der Waals surface area contributed by atoms with Gasteiger partial charge < -0.3 is 9.64 Å². The first-order chi connectivity index (χ1) is 14.7. The van der Waals surface area contributed by atoms with Crippen LogP contribution in [0, 0.1) is 5.82 Å². The molecule has 0 saturated carbocycles. The fourth-order valence-corrected chi connectivity index (χ4v) is 4.11. The molecule has 30 heavy (non-hydrogen) atoms. The van der Waals surface area contributed by atoms with Crippen LogP contribution in [0.25, 0.3) is 0 Å². The molecular weight excluding hydrogens is 407 g/mol. The van der Waals surface area contributed by atoms with Crippen molar-refractivity contribution in [3.63, 3.8) is 0 Å². The second-order valence-corrected chi connectivity index (χ2v) is 7.56. The van der Waals surface area contributed by atoms with E-state index in [4.69, 9.17) is 16.3 Å². The summed E-state index contributed by atoms with van der Waals surface area (Å²) in [7, 11) is 1.65. The van der Waals surface area contributed by atoms with E-state index < -0.39 is 0 Å². The van der Waals surface area contributed by atoms with E-state index in [1.165, 1.54) is 6.07 Å². The van der Waals surface area contributed by atoms with Gasteiger partial charge in [-0.05, 0) is 34.2 Å². The number of methoxy groups -OCH3 is 1. The molecule has 0 amide bonds. The van der Waals surface area contributed by atoms with E-state index in [2.05, 4.69) is 25.3 Å². The van der Waals surface area contributed by atoms with Crippen LogP contribution in [0.2, 0.25) is 5.02 Å². The lowest BCUT2D eigenvalue weighted by atomic mass is 10.0. The van der Waals surface area contributed by atoms with Gasteiger partial charge in [0.05, 0.1) is 24.9 Å². The Bertz CT molecular complexity index is 975. The van der Waals surface area contributed by atoms with Crippen molar-refractivity contribution in [2.45, 2.75) is 12.6 Å². The Hall–Kier alpha value is -2.55. The number of ether oxygens (including phenoxy) is 1. The third-order valence-corrected chi connectivity index (χ3v) is 5.73. The molecule has 1 aliphatic rings. The summed E-state index contributed by atoms with van der Waals surface area (Å²) in [5, 5.41) is 13.0. The van der Waals surface area contributed by atoms with E-state index in [0.29, 0.717) is 37.0 Å². The number of benzene rings is 2. The molecule has 2 heterocycles. The molecule has 2 aromatic carbocycles. The Balaban J connectivity index is 1.61. The minimum atomic E-state index is -0.201. The number of hydrogen-bond acceptors (Lipinski definition) is 6. The summed E-state index contributed by atoms with van der Waals surface area (Å²) < 4.78 is 21.2. The van der Waals surface area contributed by atoms with Crippen LogP contribution in [0.15, 0.2) is 48.5 Å². The van der Waals surface area contributed by atoms with Gasteiger partial charge in [-0.1, -0.05) is 41.9 Å². The molecule has 0 spiro atoms. The number of tetrazole rings is 1. The van der Waals surface area contributed by atoms with Gasteiger partial charge in [0, 0.05) is 38.3 Å². The summed E-state index contributed by atoms with van der Waals surface area (Å²) in [5.74, 6) is 0.525. The average Bonchev–Trinajstić information content (AvgIpc) is 3.23. The molecule has 1 unspecified atom stereocenters. The van der Waals surface area contributed by atoms with Gasteiger partial charge in [0.1, 0.15) is 5.82 Å². The van der Waals surface area contributed by atoms with Crippen LogP contribution in [-0.4, -0.2) is 65.0 Å². The highest BCUT2D eigenvalue weighted by molar-refractivity contribution is 6.31. The van der Waals surface area contributed by atoms with Crippen molar-refractivity contribution in [1.82, 2.24) is 25.1 Å². The van der Waals surface area contributed by atoms with Crippen molar-refractivity contribution in [2.24, 2.45) is 0 Å². The van der Waals surface area contributed by atoms with Crippen molar-refractivity contribution < 1.29 is 9.13 Å². The SMILES string of the molecule is COCCn1nnnc1C(c1ccccc1Cl)N1CCN(c2ccccc2F)CC1. The average molecular weight is 431 g/mol. The van der Waals surface area contributed by atoms with Crippen LogP contribution in [0.4, 0.5) is 10.1 Å². The standard InChI is InChI=1S/C21H24ClFN6O/c1-30-15-14-29-21(24-25-26-29)20(16-6-2-3-7-17(16)22)28-12-10-27(11-13-28)19-9-5-4-8-18(19)23/h2-9,20H,10-15H2,1H3. The van der Waals surface area contributed by atoms with Gasteiger partial charge in [0.2, 0.25) is 0 Å². The number of hydrogen-bond donors (Lipinski definition) is 0. The Morgan fingerprint density at radius 3 is 2.53 bits per heavy atom. The first kappa shape index (κ1) is 20.7. The van der Waals surface area contributed by atoms with Crippen LogP contribution in [0.3, 0.4) is 0 Å². The molecule has 9 heteroatoms. The summed E-state index contributed by atoms with van der Waals surface area (Å²) in [6.45, 7) is 3.90. The second-order valence-electron chi connectivity index (χ2n) is 7.15. The highest BCUT2D eigenvalue weighted by Gasteiger charge is 2.32. The van der Waals surface area contributed by atoms with Gasteiger partial charge in [-0.3, -0.25) is 4.90 Å². The van der Waals surface area contributed by atoms with Crippen LogP contribution < -0.4 is 4.90 Å². The zero-order valence-electron chi connectivity index (χ0n) is 16.8. The maximum Gasteiger partial charge on any atom is 0.173 e. The highest BCUT2D eigenvalue weighted by atomic mass is 35.5. The molecule has 3 aromatic rings. The molecule has 0 N–H and O–H groups in total. The quantitative estimate of drug-likeness (QED) is 0.574. The maximum absolute atomic E-state index is 14.2. The van der Waals surface area contributed by atoms with E-state index in [0.717, 1.165) is 24.5 Å². The molecule has 1 aliphatic heterocycles. The molecule has 1 atom stereocenters. The van der Waals surface area contributed by atoms with Gasteiger partial charge in [0.25, 0.3) is 0 Å². The minimum absolute atomic E-state index is 0.197. The van der Waals surface area contributed by atoms with E-state index in [1.807, 2.05) is 36.4 Å². The normalized spacial score (nSPS) is 16.0. The Kier molecular flexibility index (Phi) is 6.56. The van der Waals surface area contributed by atoms with Crippen LogP contribution in [0.1, 0.15) is 17.4 Å². The number of piperazine rings is 1. The third kappa shape index (κ3) is 4.30. The molecule has 7 nitrogen and oxygen atoms in total. The molecule has 1 fully saturated rings. The highest BCUT2D eigenvalue weighted by Crippen LogP contribution is 2.33. The zero-order valence-corrected chi connectivity index (χ0v) is 17.5. The third-order valence-electron chi connectivity index (χ3n) is 5.38.